The van der Waals surface area contributed by atoms with Crippen molar-refractivity contribution in [2.24, 2.45) is 0 Å². The molecule has 122 valence electrons. The summed E-state index contributed by atoms with van der Waals surface area (Å²) in [5.41, 5.74) is 0.234. The SMILES string of the molecule is C=C(C(=O)OCC)C(CCCCCCCCC)OC(C)=O. The van der Waals surface area contributed by atoms with E-state index in [0.29, 0.717) is 13.0 Å². The van der Waals surface area contributed by atoms with Crippen LogP contribution in [0, 0.1) is 0 Å². The Bertz CT molecular complexity index is 323. The number of unbranched alkanes of at least 4 members (excludes halogenated alkanes) is 6. The number of carbonyl (C=O) groups is 2. The van der Waals surface area contributed by atoms with Crippen LogP contribution in [0.4, 0.5) is 0 Å². The fraction of sp³-hybridized carbons (Fsp3) is 0.765. The van der Waals surface area contributed by atoms with Crippen LogP contribution in [0.1, 0.15) is 72.1 Å². The van der Waals surface area contributed by atoms with Crippen molar-refractivity contribution in [3.63, 3.8) is 0 Å². The molecule has 0 bridgehead atoms. The third kappa shape index (κ3) is 10.1. The Labute approximate surface area is 128 Å². The van der Waals surface area contributed by atoms with Gasteiger partial charge in [0.25, 0.3) is 0 Å². The molecule has 0 aliphatic rings. The summed E-state index contributed by atoms with van der Waals surface area (Å²) in [6.07, 6.45) is 8.30. The Hall–Kier alpha value is -1.32. The summed E-state index contributed by atoms with van der Waals surface area (Å²) in [5.74, 6) is -0.875. The van der Waals surface area contributed by atoms with E-state index in [9.17, 15) is 9.59 Å². The van der Waals surface area contributed by atoms with Gasteiger partial charge in [0.2, 0.25) is 0 Å². The van der Waals surface area contributed by atoms with E-state index in [1.165, 1.54) is 39.0 Å². The van der Waals surface area contributed by atoms with E-state index in [4.69, 9.17) is 9.47 Å². The molecule has 0 aromatic rings. The molecule has 0 heterocycles. The number of rotatable bonds is 12. The summed E-state index contributed by atoms with van der Waals surface area (Å²) in [4.78, 5) is 22.8. The van der Waals surface area contributed by atoms with Crippen LogP contribution in [0.15, 0.2) is 12.2 Å². The lowest BCUT2D eigenvalue weighted by molar-refractivity contribution is -0.147. The first-order valence-corrected chi connectivity index (χ1v) is 8.06. The Morgan fingerprint density at radius 2 is 1.57 bits per heavy atom. The topological polar surface area (TPSA) is 52.6 Å². The number of carbonyl (C=O) groups excluding carboxylic acids is 2. The average Bonchev–Trinajstić information content (AvgIpc) is 2.44. The van der Waals surface area contributed by atoms with E-state index < -0.39 is 18.0 Å². The van der Waals surface area contributed by atoms with E-state index >= 15 is 0 Å². The molecule has 0 fully saturated rings. The zero-order valence-corrected chi connectivity index (χ0v) is 13.8. The molecule has 0 rings (SSSR count). The molecule has 4 nitrogen and oxygen atoms in total. The van der Waals surface area contributed by atoms with Gasteiger partial charge in [0.1, 0.15) is 6.10 Å². The molecule has 0 radical (unpaired) electrons. The van der Waals surface area contributed by atoms with Gasteiger partial charge in [-0.25, -0.2) is 4.79 Å². The van der Waals surface area contributed by atoms with E-state index in [0.717, 1.165) is 12.8 Å². The number of hydrogen-bond acceptors (Lipinski definition) is 4. The van der Waals surface area contributed by atoms with Crippen molar-refractivity contribution in [3.8, 4) is 0 Å². The predicted molar refractivity (Wildman–Crippen MR) is 83.9 cm³/mol. The third-order valence-electron chi connectivity index (χ3n) is 3.30. The number of hydrogen-bond donors (Lipinski definition) is 0. The van der Waals surface area contributed by atoms with Gasteiger partial charge in [-0.3, -0.25) is 4.79 Å². The van der Waals surface area contributed by atoms with Gasteiger partial charge in [-0.2, -0.15) is 0 Å². The van der Waals surface area contributed by atoms with Crippen molar-refractivity contribution < 1.29 is 19.1 Å². The van der Waals surface area contributed by atoms with Gasteiger partial charge in [-0.1, -0.05) is 52.0 Å². The molecule has 0 aromatic heterocycles. The second kappa shape index (κ2) is 12.4. The summed E-state index contributed by atoms with van der Waals surface area (Å²) in [5, 5.41) is 0. The Morgan fingerprint density at radius 3 is 2.10 bits per heavy atom. The maximum atomic E-state index is 11.7. The van der Waals surface area contributed by atoms with Gasteiger partial charge in [0.15, 0.2) is 0 Å². The molecule has 0 amide bonds. The molecule has 0 saturated carbocycles. The van der Waals surface area contributed by atoms with E-state index in [1.54, 1.807) is 6.92 Å². The lowest BCUT2D eigenvalue weighted by Gasteiger charge is -2.18. The first-order valence-electron chi connectivity index (χ1n) is 8.06. The van der Waals surface area contributed by atoms with Crippen molar-refractivity contribution in [1.82, 2.24) is 0 Å². The summed E-state index contributed by atoms with van der Waals surface area (Å²) in [6.45, 7) is 9.29. The first kappa shape index (κ1) is 19.7. The van der Waals surface area contributed by atoms with Crippen molar-refractivity contribution in [2.45, 2.75) is 78.2 Å². The molecule has 0 saturated heterocycles. The minimum Gasteiger partial charge on any atom is -0.463 e. The van der Waals surface area contributed by atoms with Gasteiger partial charge in [0, 0.05) is 6.92 Å². The van der Waals surface area contributed by atoms with Crippen LogP contribution in [0.3, 0.4) is 0 Å². The highest BCUT2D eigenvalue weighted by Crippen LogP contribution is 2.17. The van der Waals surface area contributed by atoms with E-state index in [-0.39, 0.29) is 5.57 Å². The number of ether oxygens (including phenoxy) is 2. The van der Waals surface area contributed by atoms with Crippen LogP contribution < -0.4 is 0 Å². The third-order valence-corrected chi connectivity index (χ3v) is 3.30. The summed E-state index contributed by atoms with van der Waals surface area (Å²) >= 11 is 0. The fourth-order valence-corrected chi connectivity index (χ4v) is 2.15. The zero-order valence-electron chi connectivity index (χ0n) is 13.8. The van der Waals surface area contributed by atoms with Gasteiger partial charge in [0.05, 0.1) is 12.2 Å². The Balaban J connectivity index is 4.10. The second-order valence-electron chi connectivity index (χ2n) is 5.25. The van der Waals surface area contributed by atoms with Crippen molar-refractivity contribution in [2.75, 3.05) is 6.61 Å². The largest absolute Gasteiger partial charge is 0.463 e. The van der Waals surface area contributed by atoms with Crippen LogP contribution in [0.2, 0.25) is 0 Å². The van der Waals surface area contributed by atoms with Crippen LogP contribution in [-0.2, 0) is 19.1 Å². The predicted octanol–water partition coefficient (Wildman–Crippen LogP) is 4.18. The quantitative estimate of drug-likeness (QED) is 0.308. The molecule has 1 atom stereocenters. The summed E-state index contributed by atoms with van der Waals surface area (Å²) in [7, 11) is 0. The fourth-order valence-electron chi connectivity index (χ4n) is 2.15. The van der Waals surface area contributed by atoms with Crippen molar-refractivity contribution in [3.05, 3.63) is 12.2 Å². The van der Waals surface area contributed by atoms with Crippen LogP contribution >= 0.6 is 0 Å². The van der Waals surface area contributed by atoms with Gasteiger partial charge >= 0.3 is 11.9 Å². The van der Waals surface area contributed by atoms with Gasteiger partial charge in [-0.05, 0) is 19.8 Å². The van der Waals surface area contributed by atoms with E-state index in [2.05, 4.69) is 13.5 Å². The van der Waals surface area contributed by atoms with Crippen molar-refractivity contribution in [1.29, 1.82) is 0 Å². The Kier molecular flexibility index (Phi) is 11.6. The molecule has 0 N–H and O–H groups in total. The molecular formula is C17H30O4. The van der Waals surface area contributed by atoms with Crippen LogP contribution in [0.5, 0.6) is 0 Å². The second-order valence-corrected chi connectivity index (χ2v) is 5.25. The smallest absolute Gasteiger partial charge is 0.337 e. The lowest BCUT2D eigenvalue weighted by Crippen LogP contribution is -2.24. The molecule has 4 heteroatoms. The molecular weight excluding hydrogens is 268 g/mol. The molecule has 0 spiro atoms. The molecule has 0 aromatic carbocycles. The normalized spacial score (nSPS) is 11.8. The molecule has 0 aliphatic carbocycles. The average molecular weight is 298 g/mol. The summed E-state index contributed by atoms with van der Waals surface area (Å²) in [6, 6.07) is 0. The standard InChI is InChI=1S/C17H30O4/c1-5-7-8-9-10-11-12-13-16(21-15(4)18)14(3)17(19)20-6-2/h16H,3,5-13H2,1-2,4H3. The highest BCUT2D eigenvalue weighted by Gasteiger charge is 2.22. The highest BCUT2D eigenvalue weighted by atomic mass is 16.6. The zero-order chi connectivity index (χ0) is 16.1. The minimum absolute atomic E-state index is 0.234. The van der Waals surface area contributed by atoms with Gasteiger partial charge in [-0.15, -0.1) is 0 Å². The number of esters is 2. The van der Waals surface area contributed by atoms with E-state index in [1.807, 2.05) is 0 Å². The van der Waals surface area contributed by atoms with Crippen LogP contribution in [0.25, 0.3) is 0 Å². The summed E-state index contributed by atoms with van der Waals surface area (Å²) < 4.78 is 10.1. The molecule has 21 heavy (non-hydrogen) atoms. The highest BCUT2D eigenvalue weighted by molar-refractivity contribution is 5.89. The van der Waals surface area contributed by atoms with Gasteiger partial charge < -0.3 is 9.47 Å². The molecule has 0 aliphatic heterocycles. The minimum atomic E-state index is -0.558. The van der Waals surface area contributed by atoms with Crippen molar-refractivity contribution >= 4 is 11.9 Å². The van der Waals surface area contributed by atoms with Crippen LogP contribution in [-0.4, -0.2) is 24.6 Å². The lowest BCUT2D eigenvalue weighted by atomic mass is 10.0. The molecule has 1 unspecified atom stereocenters. The Morgan fingerprint density at radius 1 is 1.00 bits per heavy atom. The maximum Gasteiger partial charge on any atom is 0.337 e. The monoisotopic (exact) mass is 298 g/mol. The maximum absolute atomic E-state index is 11.7. The first-order chi connectivity index (χ1) is 10.0.